The summed E-state index contributed by atoms with van der Waals surface area (Å²) in [5.41, 5.74) is 4.94. The first-order valence-electron chi connectivity index (χ1n) is 8.00. The Bertz CT molecular complexity index is 833. The van der Waals surface area contributed by atoms with Gasteiger partial charge in [0.15, 0.2) is 6.61 Å². The van der Waals surface area contributed by atoms with Gasteiger partial charge in [-0.05, 0) is 42.8 Å². The number of ether oxygens (including phenoxy) is 2. The highest BCUT2D eigenvalue weighted by Gasteiger charge is 2.14. The Morgan fingerprint density at radius 3 is 2.33 bits per heavy atom. The zero-order valence-electron chi connectivity index (χ0n) is 14.4. The predicted octanol–water partition coefficient (Wildman–Crippen LogP) is 4.49. The normalized spacial score (nSPS) is 10.2. The lowest BCUT2D eigenvalue weighted by Gasteiger charge is -2.13. The highest BCUT2D eigenvalue weighted by atomic mass is 79.9. The number of carbonyl (C=O) groups excluding carboxylic acids is 2. The average molecular weight is 521 g/mol. The fraction of sp³-hybridized carbons (Fsp3) is 0.222. The minimum absolute atomic E-state index is 0.301. The minimum Gasteiger partial charge on any atom is -0.493 e. The second-order valence-electron chi connectivity index (χ2n) is 5.35. The van der Waals surface area contributed by atoms with E-state index in [0.717, 1.165) is 15.4 Å². The molecule has 0 heterocycles. The van der Waals surface area contributed by atoms with E-state index >= 15 is 0 Å². The Morgan fingerprint density at radius 1 is 1.00 bits per heavy atom. The maximum absolute atomic E-state index is 12.4. The molecule has 9 heteroatoms. The number of hydrogen-bond donors (Lipinski definition) is 2. The number of amides is 2. The van der Waals surface area contributed by atoms with Crippen LogP contribution in [0.3, 0.4) is 0 Å². The zero-order valence-corrected chi connectivity index (χ0v) is 18.3. The Morgan fingerprint density at radius 2 is 1.67 bits per heavy atom. The molecule has 0 aliphatic rings. The number of hydrogen-bond acceptors (Lipinski definition) is 4. The summed E-state index contributed by atoms with van der Waals surface area (Å²) in [7, 11) is 0. The lowest BCUT2D eigenvalue weighted by molar-refractivity contribution is -0.123. The van der Waals surface area contributed by atoms with Gasteiger partial charge < -0.3 is 9.47 Å². The van der Waals surface area contributed by atoms with Gasteiger partial charge in [0.05, 0.1) is 17.2 Å². The molecule has 0 atom stereocenters. The highest BCUT2D eigenvalue weighted by molar-refractivity contribution is 9.10. The van der Waals surface area contributed by atoms with Crippen LogP contribution in [-0.4, -0.2) is 25.0 Å². The maximum atomic E-state index is 12.4. The molecule has 0 saturated carbocycles. The number of nitrogens with one attached hydrogen (secondary N) is 2. The van der Waals surface area contributed by atoms with Crippen molar-refractivity contribution in [1.29, 1.82) is 0 Å². The summed E-state index contributed by atoms with van der Waals surface area (Å²) in [5.74, 6) is -0.237. The monoisotopic (exact) mass is 518 g/mol. The van der Waals surface area contributed by atoms with Crippen LogP contribution in [-0.2, 0) is 4.79 Å². The summed E-state index contributed by atoms with van der Waals surface area (Å²) in [6.45, 7) is 2.14. The smallest absolute Gasteiger partial charge is 0.276 e. The third-order valence-electron chi connectivity index (χ3n) is 3.22. The van der Waals surface area contributed by atoms with Gasteiger partial charge in [0.1, 0.15) is 11.5 Å². The van der Waals surface area contributed by atoms with Crippen LogP contribution < -0.4 is 20.3 Å². The van der Waals surface area contributed by atoms with Crippen molar-refractivity contribution in [3.8, 4) is 11.5 Å². The molecule has 2 amide bonds. The predicted molar refractivity (Wildman–Crippen MR) is 110 cm³/mol. The molecule has 6 nitrogen and oxygen atoms in total. The molecular formula is C18H17Br2ClN2O4. The second-order valence-corrected chi connectivity index (χ2v) is 7.59. The molecule has 0 aliphatic heterocycles. The van der Waals surface area contributed by atoms with E-state index < -0.39 is 11.8 Å². The fourth-order valence-corrected chi connectivity index (χ4v) is 3.07. The molecule has 0 aromatic heterocycles. The van der Waals surface area contributed by atoms with Gasteiger partial charge in [0.2, 0.25) is 0 Å². The lowest BCUT2D eigenvalue weighted by atomic mass is 10.2. The van der Waals surface area contributed by atoms with E-state index in [4.69, 9.17) is 21.1 Å². The number of hydrazine groups is 1. The molecule has 144 valence electrons. The first-order chi connectivity index (χ1) is 12.9. The quantitative estimate of drug-likeness (QED) is 0.528. The van der Waals surface area contributed by atoms with Crippen molar-refractivity contribution in [1.82, 2.24) is 10.9 Å². The zero-order chi connectivity index (χ0) is 19.8. The van der Waals surface area contributed by atoms with E-state index in [1.807, 2.05) is 6.92 Å². The molecule has 0 aliphatic carbocycles. The van der Waals surface area contributed by atoms with E-state index in [-0.39, 0.29) is 6.61 Å². The summed E-state index contributed by atoms with van der Waals surface area (Å²) in [6.07, 6.45) is 0.809. The van der Waals surface area contributed by atoms with Crippen LogP contribution in [0, 0.1) is 0 Å². The Labute approximate surface area is 178 Å². The summed E-state index contributed by atoms with van der Waals surface area (Å²) < 4.78 is 12.4. The average Bonchev–Trinajstić information content (AvgIpc) is 2.64. The van der Waals surface area contributed by atoms with Gasteiger partial charge in [-0.15, -0.1) is 0 Å². The summed E-state index contributed by atoms with van der Waals surface area (Å²) >= 11 is 12.6. The van der Waals surface area contributed by atoms with Crippen LogP contribution in [0.1, 0.15) is 23.7 Å². The van der Waals surface area contributed by atoms with Crippen molar-refractivity contribution < 1.29 is 19.1 Å². The molecule has 0 fully saturated rings. The SMILES string of the molecule is CCCOc1ccc(Br)cc1C(=O)NNC(=O)COc1ccc(Br)cc1Cl. The largest absolute Gasteiger partial charge is 0.493 e. The van der Waals surface area contributed by atoms with Gasteiger partial charge >= 0.3 is 0 Å². The topological polar surface area (TPSA) is 76.7 Å². The molecular weight excluding hydrogens is 503 g/mol. The van der Waals surface area contributed by atoms with Crippen LogP contribution in [0.5, 0.6) is 11.5 Å². The second kappa shape index (κ2) is 10.5. The standard InChI is InChI=1S/C18H17Br2ClN2O4/c1-2-7-26-15-5-3-11(19)8-13(15)18(25)23-22-17(24)10-27-16-6-4-12(20)9-14(16)21/h3-6,8-9H,2,7,10H2,1H3,(H,22,24)(H,23,25). The molecule has 0 bridgehead atoms. The fourth-order valence-electron chi connectivity index (χ4n) is 1.98. The minimum atomic E-state index is -0.534. The van der Waals surface area contributed by atoms with Crippen molar-refractivity contribution in [2.45, 2.75) is 13.3 Å². The Balaban J connectivity index is 1.91. The Hall–Kier alpha value is -1.77. The molecule has 2 aromatic rings. The summed E-state index contributed by atoms with van der Waals surface area (Å²) in [5, 5.41) is 0.369. The van der Waals surface area contributed by atoms with Crippen LogP contribution in [0.15, 0.2) is 45.3 Å². The molecule has 2 aromatic carbocycles. The molecule has 27 heavy (non-hydrogen) atoms. The van der Waals surface area contributed by atoms with E-state index in [0.29, 0.717) is 28.7 Å². The van der Waals surface area contributed by atoms with Gasteiger partial charge in [-0.25, -0.2) is 0 Å². The third-order valence-corrected chi connectivity index (χ3v) is 4.50. The van der Waals surface area contributed by atoms with Crippen LogP contribution in [0.25, 0.3) is 0 Å². The highest BCUT2D eigenvalue weighted by Crippen LogP contribution is 2.27. The van der Waals surface area contributed by atoms with Gasteiger partial charge in [-0.2, -0.15) is 0 Å². The molecule has 0 unspecified atom stereocenters. The van der Waals surface area contributed by atoms with Crippen molar-refractivity contribution in [2.75, 3.05) is 13.2 Å². The molecule has 2 rings (SSSR count). The van der Waals surface area contributed by atoms with Crippen LogP contribution >= 0.6 is 43.5 Å². The number of rotatable bonds is 7. The van der Waals surface area contributed by atoms with Gasteiger partial charge in [-0.3, -0.25) is 20.4 Å². The molecule has 2 N–H and O–H groups in total. The summed E-state index contributed by atoms with van der Waals surface area (Å²) in [4.78, 5) is 24.3. The molecule has 0 saturated heterocycles. The van der Waals surface area contributed by atoms with Crippen LogP contribution in [0.4, 0.5) is 0 Å². The van der Waals surface area contributed by atoms with Gasteiger partial charge in [-0.1, -0.05) is 50.4 Å². The first-order valence-corrected chi connectivity index (χ1v) is 9.96. The summed E-state index contributed by atoms with van der Waals surface area (Å²) in [6, 6.07) is 10.1. The van der Waals surface area contributed by atoms with Crippen molar-refractivity contribution in [3.63, 3.8) is 0 Å². The lowest BCUT2D eigenvalue weighted by Crippen LogP contribution is -2.44. The molecule has 0 spiro atoms. The Kier molecular flexibility index (Phi) is 8.40. The number of benzene rings is 2. The van der Waals surface area contributed by atoms with Gasteiger partial charge in [0.25, 0.3) is 11.8 Å². The van der Waals surface area contributed by atoms with Crippen molar-refractivity contribution in [3.05, 3.63) is 55.9 Å². The third kappa shape index (κ3) is 6.71. The molecule has 0 radical (unpaired) electrons. The van der Waals surface area contributed by atoms with E-state index in [1.165, 1.54) is 0 Å². The van der Waals surface area contributed by atoms with Gasteiger partial charge in [0, 0.05) is 8.95 Å². The van der Waals surface area contributed by atoms with Crippen molar-refractivity contribution >= 4 is 55.3 Å². The van der Waals surface area contributed by atoms with E-state index in [9.17, 15) is 9.59 Å². The van der Waals surface area contributed by atoms with E-state index in [2.05, 4.69) is 42.7 Å². The maximum Gasteiger partial charge on any atom is 0.276 e. The first kappa shape index (κ1) is 21.5. The number of carbonyl (C=O) groups is 2. The van der Waals surface area contributed by atoms with Crippen LogP contribution in [0.2, 0.25) is 5.02 Å². The van der Waals surface area contributed by atoms with Crippen molar-refractivity contribution in [2.24, 2.45) is 0 Å². The van der Waals surface area contributed by atoms with E-state index in [1.54, 1.807) is 36.4 Å². The number of halogens is 3.